The Hall–Kier alpha value is -0.300. The molecule has 0 heterocycles. The molecular weight excluding hydrogens is 401 g/mol. The molecule has 0 aromatic heterocycles. The molecule has 1 aromatic carbocycles. The molecule has 1 N–H and O–H groups in total. The fourth-order valence-electron chi connectivity index (χ4n) is 1.66. The predicted molar refractivity (Wildman–Crippen MR) is 88.6 cm³/mol. The lowest BCUT2D eigenvalue weighted by Gasteiger charge is -2.20. The number of hydrogen-bond acceptors (Lipinski definition) is 3. The molecule has 0 aliphatic carbocycles. The smallest absolute Gasteiger partial charge is 0.262 e. The van der Waals surface area contributed by atoms with E-state index in [-0.39, 0.29) is 26.0 Å². The SMILES string of the molecule is CCC(C)C(C)NC(=O)c1cc(Cl)c(Br)c(S(=O)(=O)Cl)c1. The zero-order chi connectivity index (χ0) is 16.4. The van der Waals surface area contributed by atoms with E-state index in [2.05, 4.69) is 21.2 Å². The van der Waals surface area contributed by atoms with Gasteiger partial charge in [0.25, 0.3) is 15.0 Å². The summed E-state index contributed by atoms with van der Waals surface area (Å²) in [5.41, 5.74) is 0.151. The van der Waals surface area contributed by atoms with Crippen LogP contribution >= 0.6 is 38.2 Å². The van der Waals surface area contributed by atoms with Crippen LogP contribution in [0.3, 0.4) is 0 Å². The van der Waals surface area contributed by atoms with Crippen molar-refractivity contribution in [3.05, 3.63) is 27.2 Å². The fourth-order valence-corrected chi connectivity index (χ4v) is 4.04. The van der Waals surface area contributed by atoms with Crippen molar-refractivity contribution in [3.63, 3.8) is 0 Å². The minimum atomic E-state index is -4.00. The first-order valence-corrected chi connectivity index (χ1v) is 9.80. The molecule has 1 rings (SSSR count). The van der Waals surface area contributed by atoms with Gasteiger partial charge in [0, 0.05) is 22.3 Å². The van der Waals surface area contributed by atoms with Crippen molar-refractivity contribution >= 4 is 53.2 Å². The lowest BCUT2D eigenvalue weighted by atomic mass is 10.0. The van der Waals surface area contributed by atoms with Crippen LogP contribution in [-0.2, 0) is 9.05 Å². The standard InChI is InChI=1S/C13H16BrCl2NO3S/c1-4-7(2)8(3)17-13(18)9-5-10(15)12(14)11(6-9)21(16,19)20/h5-8H,4H2,1-3H3,(H,17,18). The highest BCUT2D eigenvalue weighted by atomic mass is 79.9. The predicted octanol–water partition coefficient (Wildman–Crippen LogP) is 4.19. The van der Waals surface area contributed by atoms with Crippen molar-refractivity contribution in [1.29, 1.82) is 0 Å². The number of benzene rings is 1. The third-order valence-corrected chi connectivity index (χ3v) is 6.37. The molecule has 1 amide bonds. The van der Waals surface area contributed by atoms with Crippen molar-refractivity contribution < 1.29 is 13.2 Å². The summed E-state index contributed by atoms with van der Waals surface area (Å²) in [5, 5.41) is 2.93. The highest BCUT2D eigenvalue weighted by molar-refractivity contribution is 9.10. The summed E-state index contributed by atoms with van der Waals surface area (Å²) in [4.78, 5) is 12.0. The van der Waals surface area contributed by atoms with Crippen LogP contribution in [0.25, 0.3) is 0 Å². The lowest BCUT2D eigenvalue weighted by molar-refractivity contribution is 0.0928. The Morgan fingerprint density at radius 2 is 1.95 bits per heavy atom. The van der Waals surface area contributed by atoms with Gasteiger partial charge in [-0.1, -0.05) is 31.9 Å². The molecule has 4 nitrogen and oxygen atoms in total. The third kappa shape index (κ3) is 4.84. The first kappa shape index (κ1) is 18.7. The fraction of sp³-hybridized carbons (Fsp3) is 0.462. The number of hydrogen-bond donors (Lipinski definition) is 1. The molecule has 0 bridgehead atoms. The second-order valence-corrected chi connectivity index (χ2v) is 8.59. The highest BCUT2D eigenvalue weighted by Gasteiger charge is 2.21. The molecule has 8 heteroatoms. The van der Waals surface area contributed by atoms with Crippen molar-refractivity contribution in [2.75, 3.05) is 0 Å². The van der Waals surface area contributed by atoms with Gasteiger partial charge in [-0.25, -0.2) is 8.42 Å². The molecule has 0 aliphatic heterocycles. The maximum Gasteiger partial charge on any atom is 0.262 e. The summed E-state index contributed by atoms with van der Waals surface area (Å²) in [6.45, 7) is 5.95. The third-order valence-electron chi connectivity index (χ3n) is 3.38. The number of halogens is 3. The monoisotopic (exact) mass is 415 g/mol. The van der Waals surface area contributed by atoms with Gasteiger partial charge in [0.1, 0.15) is 0 Å². The van der Waals surface area contributed by atoms with Crippen molar-refractivity contribution in [2.24, 2.45) is 5.92 Å². The van der Waals surface area contributed by atoms with E-state index in [1.54, 1.807) is 0 Å². The summed E-state index contributed by atoms with van der Waals surface area (Å²) in [6, 6.07) is 2.56. The topological polar surface area (TPSA) is 63.2 Å². The molecule has 0 fully saturated rings. The number of carbonyl (C=O) groups excluding carboxylic acids is 1. The number of carbonyl (C=O) groups is 1. The van der Waals surface area contributed by atoms with Gasteiger partial charge in [-0.3, -0.25) is 4.79 Å². The minimum Gasteiger partial charge on any atom is -0.349 e. The van der Waals surface area contributed by atoms with E-state index in [4.69, 9.17) is 22.3 Å². The molecule has 0 aliphatic rings. The van der Waals surface area contributed by atoms with Gasteiger partial charge in [0.15, 0.2) is 0 Å². The molecule has 2 atom stereocenters. The highest BCUT2D eigenvalue weighted by Crippen LogP contribution is 2.33. The molecule has 0 spiro atoms. The van der Waals surface area contributed by atoms with Crippen LogP contribution in [0.15, 0.2) is 21.5 Å². The van der Waals surface area contributed by atoms with Gasteiger partial charge in [-0.15, -0.1) is 0 Å². The Morgan fingerprint density at radius 1 is 1.38 bits per heavy atom. The molecular formula is C13H16BrCl2NO3S. The molecule has 1 aromatic rings. The quantitative estimate of drug-likeness (QED) is 0.731. The van der Waals surface area contributed by atoms with E-state index in [1.807, 2.05) is 20.8 Å². The zero-order valence-electron chi connectivity index (χ0n) is 11.8. The minimum absolute atomic E-state index is 0.0408. The largest absolute Gasteiger partial charge is 0.349 e. The van der Waals surface area contributed by atoms with E-state index in [0.717, 1.165) is 6.42 Å². The Labute approximate surface area is 142 Å². The average molecular weight is 417 g/mol. The average Bonchev–Trinajstić information content (AvgIpc) is 2.38. The lowest BCUT2D eigenvalue weighted by Crippen LogP contribution is -2.36. The molecule has 21 heavy (non-hydrogen) atoms. The maximum absolute atomic E-state index is 12.2. The molecule has 0 radical (unpaired) electrons. The van der Waals surface area contributed by atoms with E-state index in [0.29, 0.717) is 5.92 Å². The van der Waals surface area contributed by atoms with Gasteiger partial charge in [0.05, 0.1) is 14.4 Å². The maximum atomic E-state index is 12.2. The van der Waals surface area contributed by atoms with Gasteiger partial charge in [0.2, 0.25) is 0 Å². The Kier molecular flexibility index (Phi) is 6.53. The normalized spacial score (nSPS) is 14.6. The Bertz CT molecular complexity index is 649. The molecule has 2 unspecified atom stereocenters. The Balaban J connectivity index is 3.15. The zero-order valence-corrected chi connectivity index (χ0v) is 15.7. The van der Waals surface area contributed by atoms with Gasteiger partial charge in [-0.05, 0) is 40.9 Å². The molecule has 118 valence electrons. The van der Waals surface area contributed by atoms with Crippen LogP contribution < -0.4 is 5.32 Å². The van der Waals surface area contributed by atoms with Crippen LogP contribution in [0.5, 0.6) is 0 Å². The van der Waals surface area contributed by atoms with Crippen LogP contribution in [0.1, 0.15) is 37.6 Å². The summed E-state index contributed by atoms with van der Waals surface area (Å²) in [7, 11) is 1.34. The van der Waals surface area contributed by atoms with E-state index in [1.165, 1.54) is 12.1 Å². The van der Waals surface area contributed by atoms with Crippen molar-refractivity contribution in [2.45, 2.75) is 38.1 Å². The van der Waals surface area contributed by atoms with E-state index in [9.17, 15) is 13.2 Å². The first-order valence-electron chi connectivity index (χ1n) is 6.32. The van der Waals surface area contributed by atoms with Crippen LogP contribution in [0, 0.1) is 5.92 Å². The molecule has 0 saturated carbocycles. The number of nitrogens with one attached hydrogen (secondary N) is 1. The Morgan fingerprint density at radius 3 is 2.43 bits per heavy atom. The summed E-state index contributed by atoms with van der Waals surface area (Å²) in [5.74, 6) is -0.0881. The summed E-state index contributed by atoms with van der Waals surface area (Å²) >= 11 is 9.00. The first-order chi connectivity index (χ1) is 9.57. The van der Waals surface area contributed by atoms with Crippen LogP contribution in [0.2, 0.25) is 5.02 Å². The number of rotatable bonds is 5. The van der Waals surface area contributed by atoms with Crippen molar-refractivity contribution in [1.82, 2.24) is 5.32 Å². The van der Waals surface area contributed by atoms with Crippen LogP contribution in [-0.4, -0.2) is 20.4 Å². The second-order valence-electron chi connectivity index (χ2n) is 4.86. The van der Waals surface area contributed by atoms with E-state index >= 15 is 0 Å². The van der Waals surface area contributed by atoms with Gasteiger partial charge in [-0.2, -0.15) is 0 Å². The van der Waals surface area contributed by atoms with Gasteiger partial charge >= 0.3 is 0 Å². The summed E-state index contributed by atoms with van der Waals surface area (Å²) in [6.07, 6.45) is 0.920. The number of amides is 1. The van der Waals surface area contributed by atoms with Crippen molar-refractivity contribution in [3.8, 4) is 0 Å². The summed E-state index contributed by atoms with van der Waals surface area (Å²) < 4.78 is 23.1. The van der Waals surface area contributed by atoms with E-state index < -0.39 is 15.0 Å². The van der Waals surface area contributed by atoms with Crippen LogP contribution in [0.4, 0.5) is 0 Å². The van der Waals surface area contributed by atoms with Gasteiger partial charge < -0.3 is 5.32 Å². The molecule has 0 saturated heterocycles. The second kappa shape index (κ2) is 7.31.